The predicted octanol–water partition coefficient (Wildman–Crippen LogP) is 2.67. The van der Waals surface area contributed by atoms with Crippen LogP contribution in [0.15, 0.2) is 24.3 Å². The Hall–Kier alpha value is -1.77. The quantitative estimate of drug-likeness (QED) is 0.827. The molecule has 0 aliphatic heterocycles. The molecule has 1 aliphatic carbocycles. The van der Waals surface area contributed by atoms with Gasteiger partial charge in [-0.25, -0.2) is 0 Å². The van der Waals surface area contributed by atoms with Gasteiger partial charge in [-0.3, -0.25) is 4.79 Å². The first kappa shape index (κ1) is 9.46. The van der Waals surface area contributed by atoms with E-state index in [-0.39, 0.29) is 6.42 Å². The molecule has 16 heavy (non-hydrogen) atoms. The lowest BCUT2D eigenvalue weighted by atomic mass is 10.1. The molecule has 3 heteroatoms. The number of benzene rings is 1. The Morgan fingerprint density at radius 3 is 2.88 bits per heavy atom. The average molecular weight is 215 g/mol. The highest BCUT2D eigenvalue weighted by atomic mass is 16.4. The normalized spacial score (nSPS) is 15.5. The minimum absolute atomic E-state index is 0.0971. The molecule has 1 saturated carbocycles. The molecule has 1 aromatic carbocycles. The molecule has 1 aliphatic rings. The molecule has 0 amide bonds. The number of rotatable bonds is 3. The Kier molecular flexibility index (Phi) is 1.99. The van der Waals surface area contributed by atoms with Crippen LogP contribution in [0.5, 0.6) is 0 Å². The van der Waals surface area contributed by atoms with Crippen molar-refractivity contribution < 1.29 is 9.90 Å². The van der Waals surface area contributed by atoms with Gasteiger partial charge in [-0.2, -0.15) is 0 Å². The Labute approximate surface area is 93.1 Å². The van der Waals surface area contributed by atoms with E-state index in [0.29, 0.717) is 5.92 Å². The second kappa shape index (κ2) is 3.37. The molecule has 0 saturated heterocycles. The van der Waals surface area contributed by atoms with Gasteiger partial charge in [0, 0.05) is 11.2 Å². The van der Waals surface area contributed by atoms with Gasteiger partial charge in [0.2, 0.25) is 0 Å². The van der Waals surface area contributed by atoms with Crippen molar-refractivity contribution in [1.29, 1.82) is 0 Å². The van der Waals surface area contributed by atoms with Gasteiger partial charge in [-0.1, -0.05) is 6.07 Å². The van der Waals surface area contributed by atoms with E-state index in [1.807, 2.05) is 18.2 Å². The fourth-order valence-electron chi connectivity index (χ4n) is 2.10. The largest absolute Gasteiger partial charge is 0.481 e. The standard InChI is InChI=1S/C13H13NO2/c15-13(16)6-8-1-4-11-10(5-8)7-12(14-11)9-2-3-9/h1,4-5,7,9,14H,2-3,6H2,(H,15,16). The molecule has 0 bridgehead atoms. The number of hydrogen-bond donors (Lipinski definition) is 2. The molecule has 0 atom stereocenters. The summed E-state index contributed by atoms with van der Waals surface area (Å²) in [5.74, 6) is -0.0763. The van der Waals surface area contributed by atoms with Crippen molar-refractivity contribution in [2.24, 2.45) is 0 Å². The lowest BCUT2D eigenvalue weighted by Gasteiger charge is -1.96. The van der Waals surface area contributed by atoms with Crippen LogP contribution >= 0.6 is 0 Å². The molecular weight excluding hydrogens is 202 g/mol. The first-order valence-corrected chi connectivity index (χ1v) is 5.56. The van der Waals surface area contributed by atoms with E-state index in [4.69, 9.17) is 5.11 Å². The van der Waals surface area contributed by atoms with Gasteiger partial charge in [0.1, 0.15) is 0 Å². The van der Waals surface area contributed by atoms with Crippen molar-refractivity contribution >= 4 is 16.9 Å². The Morgan fingerprint density at radius 1 is 1.38 bits per heavy atom. The van der Waals surface area contributed by atoms with Crippen molar-refractivity contribution in [2.75, 3.05) is 0 Å². The van der Waals surface area contributed by atoms with Crippen molar-refractivity contribution in [2.45, 2.75) is 25.2 Å². The first-order chi connectivity index (χ1) is 7.72. The summed E-state index contributed by atoms with van der Waals surface area (Å²) < 4.78 is 0. The zero-order valence-electron chi connectivity index (χ0n) is 8.86. The van der Waals surface area contributed by atoms with E-state index in [0.717, 1.165) is 16.5 Å². The number of H-pyrrole nitrogens is 1. The number of carboxylic acids is 1. The number of aromatic nitrogens is 1. The van der Waals surface area contributed by atoms with Gasteiger partial charge in [-0.15, -0.1) is 0 Å². The van der Waals surface area contributed by atoms with Crippen LogP contribution in [0.4, 0.5) is 0 Å². The summed E-state index contributed by atoms with van der Waals surface area (Å²) in [6.45, 7) is 0. The minimum Gasteiger partial charge on any atom is -0.481 e. The van der Waals surface area contributed by atoms with Crippen LogP contribution < -0.4 is 0 Å². The third-order valence-electron chi connectivity index (χ3n) is 3.08. The summed E-state index contributed by atoms with van der Waals surface area (Å²) in [5, 5.41) is 9.86. The molecule has 2 N–H and O–H groups in total. The molecular formula is C13H13NO2. The highest BCUT2D eigenvalue weighted by Crippen LogP contribution is 2.40. The van der Waals surface area contributed by atoms with Crippen molar-refractivity contribution in [3.05, 3.63) is 35.5 Å². The molecule has 1 aromatic heterocycles. The number of aliphatic carboxylic acids is 1. The molecule has 0 unspecified atom stereocenters. The molecule has 0 radical (unpaired) electrons. The lowest BCUT2D eigenvalue weighted by Crippen LogP contribution is -1.99. The number of nitrogens with one attached hydrogen (secondary N) is 1. The Morgan fingerprint density at radius 2 is 2.19 bits per heavy atom. The third-order valence-corrected chi connectivity index (χ3v) is 3.08. The minimum atomic E-state index is -0.780. The number of hydrogen-bond acceptors (Lipinski definition) is 1. The number of carbonyl (C=O) groups is 1. The Bertz CT molecular complexity index is 552. The number of aromatic amines is 1. The maximum absolute atomic E-state index is 10.6. The van der Waals surface area contributed by atoms with Crippen LogP contribution in [-0.2, 0) is 11.2 Å². The van der Waals surface area contributed by atoms with Crippen LogP contribution in [-0.4, -0.2) is 16.1 Å². The van der Waals surface area contributed by atoms with E-state index >= 15 is 0 Å². The van der Waals surface area contributed by atoms with Gasteiger partial charge in [0.05, 0.1) is 6.42 Å². The monoisotopic (exact) mass is 215 g/mol. The maximum Gasteiger partial charge on any atom is 0.307 e. The van der Waals surface area contributed by atoms with Crippen LogP contribution in [0.2, 0.25) is 0 Å². The van der Waals surface area contributed by atoms with Crippen LogP contribution in [0.25, 0.3) is 10.9 Å². The second-order valence-corrected chi connectivity index (χ2v) is 4.49. The zero-order chi connectivity index (χ0) is 11.1. The second-order valence-electron chi connectivity index (χ2n) is 4.49. The smallest absolute Gasteiger partial charge is 0.307 e. The van der Waals surface area contributed by atoms with Crippen LogP contribution in [0.1, 0.15) is 30.0 Å². The van der Waals surface area contributed by atoms with Crippen LogP contribution in [0, 0.1) is 0 Å². The fourth-order valence-corrected chi connectivity index (χ4v) is 2.10. The average Bonchev–Trinajstić information content (AvgIpc) is 2.98. The molecule has 82 valence electrons. The lowest BCUT2D eigenvalue weighted by molar-refractivity contribution is -0.136. The zero-order valence-corrected chi connectivity index (χ0v) is 8.86. The van der Waals surface area contributed by atoms with Gasteiger partial charge in [0.15, 0.2) is 0 Å². The predicted molar refractivity (Wildman–Crippen MR) is 61.6 cm³/mol. The summed E-state index contributed by atoms with van der Waals surface area (Å²) in [4.78, 5) is 14.0. The highest BCUT2D eigenvalue weighted by Gasteiger charge is 2.25. The summed E-state index contributed by atoms with van der Waals surface area (Å²) in [6.07, 6.45) is 2.64. The van der Waals surface area contributed by atoms with E-state index in [1.165, 1.54) is 18.5 Å². The van der Waals surface area contributed by atoms with E-state index in [2.05, 4.69) is 11.1 Å². The number of carboxylic acid groups (broad SMARTS) is 1. The fraction of sp³-hybridized carbons (Fsp3) is 0.308. The van der Waals surface area contributed by atoms with E-state index in [9.17, 15) is 4.79 Å². The molecule has 1 fully saturated rings. The van der Waals surface area contributed by atoms with Crippen molar-refractivity contribution in [1.82, 2.24) is 4.98 Å². The van der Waals surface area contributed by atoms with Gasteiger partial charge >= 0.3 is 5.97 Å². The van der Waals surface area contributed by atoms with Crippen molar-refractivity contribution in [3.63, 3.8) is 0 Å². The van der Waals surface area contributed by atoms with E-state index < -0.39 is 5.97 Å². The topological polar surface area (TPSA) is 53.1 Å². The molecule has 1 heterocycles. The van der Waals surface area contributed by atoms with E-state index in [1.54, 1.807) is 0 Å². The summed E-state index contributed by atoms with van der Waals surface area (Å²) in [6, 6.07) is 7.97. The summed E-state index contributed by atoms with van der Waals surface area (Å²) in [7, 11) is 0. The summed E-state index contributed by atoms with van der Waals surface area (Å²) in [5.41, 5.74) is 3.26. The van der Waals surface area contributed by atoms with Gasteiger partial charge in [0.25, 0.3) is 0 Å². The first-order valence-electron chi connectivity index (χ1n) is 5.56. The summed E-state index contributed by atoms with van der Waals surface area (Å²) >= 11 is 0. The highest BCUT2D eigenvalue weighted by molar-refractivity contribution is 5.82. The SMILES string of the molecule is O=C(O)Cc1ccc2[nH]c(C3CC3)cc2c1. The molecule has 2 aromatic rings. The Balaban J connectivity index is 1.99. The molecule has 3 nitrogen and oxygen atoms in total. The molecule has 3 rings (SSSR count). The van der Waals surface area contributed by atoms with Gasteiger partial charge in [-0.05, 0) is 47.9 Å². The maximum atomic E-state index is 10.6. The molecule has 0 spiro atoms. The third kappa shape index (κ3) is 1.69. The van der Waals surface area contributed by atoms with Crippen LogP contribution in [0.3, 0.4) is 0 Å². The van der Waals surface area contributed by atoms with Gasteiger partial charge < -0.3 is 10.1 Å². The number of fused-ring (bicyclic) bond motifs is 1. The van der Waals surface area contributed by atoms with Crippen molar-refractivity contribution in [3.8, 4) is 0 Å².